The zero-order chi connectivity index (χ0) is 20.3. The molecule has 3 aromatic rings. The maximum Gasteiger partial charge on any atom is 0.271 e. The van der Waals surface area contributed by atoms with Gasteiger partial charge in [0.15, 0.2) is 0 Å². The Bertz CT molecular complexity index is 1050. The molecule has 7 nitrogen and oxygen atoms in total. The summed E-state index contributed by atoms with van der Waals surface area (Å²) in [7, 11) is 0. The first-order valence-corrected chi connectivity index (χ1v) is 8.77. The average molecular weight is 397 g/mol. The van der Waals surface area contributed by atoms with Crippen LogP contribution in [-0.2, 0) is 0 Å². The Morgan fingerprint density at radius 3 is 2.39 bits per heavy atom. The van der Waals surface area contributed by atoms with E-state index in [1.54, 1.807) is 42.6 Å². The molecule has 0 atom stereocenters. The minimum Gasteiger partial charge on any atom is -0.318 e. The Hall–Kier alpha value is -3.45. The smallest absolute Gasteiger partial charge is 0.271 e. The highest BCUT2D eigenvalue weighted by atomic mass is 35.5. The first kappa shape index (κ1) is 19.3. The quantitative estimate of drug-likeness (QED) is 0.393. The third-order valence-corrected chi connectivity index (χ3v) is 4.52. The highest BCUT2D eigenvalue weighted by Crippen LogP contribution is 2.22. The lowest BCUT2D eigenvalue weighted by Crippen LogP contribution is -2.17. The van der Waals surface area contributed by atoms with E-state index in [2.05, 4.69) is 10.5 Å². The van der Waals surface area contributed by atoms with Gasteiger partial charge in [-0.2, -0.15) is 5.10 Å². The number of hydrogen-bond donors (Lipinski definition) is 1. The molecule has 0 fully saturated rings. The van der Waals surface area contributed by atoms with Crippen molar-refractivity contribution in [2.24, 2.45) is 5.10 Å². The van der Waals surface area contributed by atoms with Crippen molar-refractivity contribution in [3.63, 3.8) is 0 Å². The Kier molecular flexibility index (Phi) is 5.56. The van der Waals surface area contributed by atoms with E-state index in [-0.39, 0.29) is 11.6 Å². The molecule has 0 saturated heterocycles. The standard InChI is InChI=1S/C20H17ClN4O3/c1-13-11-16(12-22-23-20(26)15-3-5-17(21)6-4-15)14(2)24(13)18-7-9-19(10-8-18)25(27)28/h3-12H,1-2H3,(H,23,26)/b22-12+. The van der Waals surface area contributed by atoms with Gasteiger partial charge < -0.3 is 4.57 Å². The highest BCUT2D eigenvalue weighted by molar-refractivity contribution is 6.30. The Labute approximate surface area is 166 Å². The number of non-ortho nitro benzene ring substituents is 1. The number of nitro benzene ring substituents is 1. The second kappa shape index (κ2) is 8.06. The van der Waals surface area contributed by atoms with Gasteiger partial charge in [0.05, 0.1) is 11.1 Å². The van der Waals surface area contributed by atoms with Crippen molar-refractivity contribution in [2.75, 3.05) is 0 Å². The predicted molar refractivity (Wildman–Crippen MR) is 108 cm³/mol. The van der Waals surface area contributed by atoms with Crippen molar-refractivity contribution >= 4 is 29.4 Å². The van der Waals surface area contributed by atoms with Gasteiger partial charge >= 0.3 is 0 Å². The van der Waals surface area contributed by atoms with Crippen LogP contribution in [0.3, 0.4) is 0 Å². The number of hydrazone groups is 1. The molecule has 1 amide bonds. The molecule has 8 heteroatoms. The van der Waals surface area contributed by atoms with Crippen LogP contribution in [0.5, 0.6) is 0 Å². The van der Waals surface area contributed by atoms with Crippen molar-refractivity contribution < 1.29 is 9.72 Å². The van der Waals surface area contributed by atoms with Crippen LogP contribution >= 0.6 is 11.6 Å². The molecule has 142 valence electrons. The van der Waals surface area contributed by atoms with Crippen LogP contribution in [0.15, 0.2) is 59.7 Å². The van der Waals surface area contributed by atoms with E-state index in [1.165, 1.54) is 12.1 Å². The maximum absolute atomic E-state index is 12.1. The number of benzene rings is 2. The van der Waals surface area contributed by atoms with Gasteiger partial charge in [-0.3, -0.25) is 14.9 Å². The average Bonchev–Trinajstić information content (AvgIpc) is 2.95. The molecule has 0 aliphatic rings. The first-order valence-electron chi connectivity index (χ1n) is 8.39. The second-order valence-corrected chi connectivity index (χ2v) is 6.58. The van der Waals surface area contributed by atoms with Crippen molar-refractivity contribution in [1.82, 2.24) is 9.99 Å². The van der Waals surface area contributed by atoms with E-state index in [0.29, 0.717) is 10.6 Å². The fraction of sp³-hybridized carbons (Fsp3) is 0.100. The summed E-state index contributed by atoms with van der Waals surface area (Å²) in [5.74, 6) is -0.336. The summed E-state index contributed by atoms with van der Waals surface area (Å²) in [6, 6.07) is 14.8. The number of nitrogens with one attached hydrogen (secondary N) is 1. The van der Waals surface area contributed by atoms with Crippen LogP contribution < -0.4 is 5.43 Å². The van der Waals surface area contributed by atoms with Gasteiger partial charge in [0, 0.05) is 45.4 Å². The molecule has 0 radical (unpaired) electrons. The summed E-state index contributed by atoms with van der Waals surface area (Å²) < 4.78 is 1.96. The van der Waals surface area contributed by atoms with Crippen molar-refractivity contribution in [3.05, 3.63) is 92.2 Å². The van der Waals surface area contributed by atoms with Crippen LogP contribution in [0.1, 0.15) is 27.3 Å². The van der Waals surface area contributed by atoms with Crippen LogP contribution in [0.25, 0.3) is 5.69 Å². The number of hydrogen-bond acceptors (Lipinski definition) is 4. The Morgan fingerprint density at radius 1 is 1.14 bits per heavy atom. The fourth-order valence-corrected chi connectivity index (χ4v) is 2.99. The Morgan fingerprint density at radius 2 is 1.79 bits per heavy atom. The number of halogens is 1. The van der Waals surface area contributed by atoms with E-state index in [0.717, 1.165) is 22.6 Å². The molecule has 1 N–H and O–H groups in total. The lowest BCUT2D eigenvalue weighted by atomic mass is 10.2. The molecule has 3 rings (SSSR count). The molecule has 1 aromatic heterocycles. The summed E-state index contributed by atoms with van der Waals surface area (Å²) in [5, 5.41) is 15.4. The summed E-state index contributed by atoms with van der Waals surface area (Å²) >= 11 is 5.81. The molecular weight excluding hydrogens is 380 g/mol. The zero-order valence-corrected chi connectivity index (χ0v) is 16.0. The zero-order valence-electron chi connectivity index (χ0n) is 15.2. The van der Waals surface area contributed by atoms with E-state index in [4.69, 9.17) is 11.6 Å². The topological polar surface area (TPSA) is 89.5 Å². The van der Waals surface area contributed by atoms with Gasteiger partial charge in [0.1, 0.15) is 0 Å². The van der Waals surface area contributed by atoms with E-state index in [9.17, 15) is 14.9 Å². The SMILES string of the molecule is Cc1cc(/C=N/NC(=O)c2ccc(Cl)cc2)c(C)n1-c1ccc([N+](=O)[O-])cc1. The molecule has 1 heterocycles. The maximum atomic E-state index is 12.1. The van der Waals surface area contributed by atoms with Gasteiger partial charge in [0.25, 0.3) is 11.6 Å². The fourth-order valence-electron chi connectivity index (χ4n) is 2.87. The minimum atomic E-state index is -0.430. The molecular formula is C20H17ClN4O3. The minimum absolute atomic E-state index is 0.0397. The second-order valence-electron chi connectivity index (χ2n) is 6.14. The normalized spacial score (nSPS) is 11.0. The molecule has 0 aliphatic carbocycles. The van der Waals surface area contributed by atoms with Gasteiger partial charge in [-0.1, -0.05) is 11.6 Å². The molecule has 0 aliphatic heterocycles. The number of rotatable bonds is 5. The van der Waals surface area contributed by atoms with E-state index < -0.39 is 4.92 Å². The number of carbonyl (C=O) groups excluding carboxylic acids is 1. The largest absolute Gasteiger partial charge is 0.318 e. The van der Waals surface area contributed by atoms with E-state index in [1.807, 2.05) is 24.5 Å². The third kappa shape index (κ3) is 4.10. The summed E-state index contributed by atoms with van der Waals surface area (Å²) in [6.07, 6.45) is 1.57. The van der Waals surface area contributed by atoms with Crippen molar-refractivity contribution in [3.8, 4) is 5.69 Å². The highest BCUT2D eigenvalue weighted by Gasteiger charge is 2.11. The number of nitro groups is 1. The lowest BCUT2D eigenvalue weighted by molar-refractivity contribution is -0.384. The van der Waals surface area contributed by atoms with Crippen LogP contribution in [-0.4, -0.2) is 21.6 Å². The lowest BCUT2D eigenvalue weighted by Gasteiger charge is -2.09. The van der Waals surface area contributed by atoms with Gasteiger partial charge in [-0.15, -0.1) is 0 Å². The Balaban J connectivity index is 1.77. The number of aromatic nitrogens is 1. The molecule has 0 unspecified atom stereocenters. The van der Waals surface area contributed by atoms with Gasteiger partial charge in [0.2, 0.25) is 0 Å². The van der Waals surface area contributed by atoms with Crippen LogP contribution in [0.2, 0.25) is 5.02 Å². The van der Waals surface area contributed by atoms with Gasteiger partial charge in [-0.25, -0.2) is 5.43 Å². The van der Waals surface area contributed by atoms with Crippen molar-refractivity contribution in [2.45, 2.75) is 13.8 Å². The molecule has 0 spiro atoms. The van der Waals surface area contributed by atoms with Crippen molar-refractivity contribution in [1.29, 1.82) is 0 Å². The molecule has 28 heavy (non-hydrogen) atoms. The predicted octanol–water partition coefficient (Wildman–Crippen LogP) is 4.42. The summed E-state index contributed by atoms with van der Waals surface area (Å²) in [6.45, 7) is 3.84. The third-order valence-electron chi connectivity index (χ3n) is 4.27. The number of amides is 1. The summed E-state index contributed by atoms with van der Waals surface area (Å²) in [5.41, 5.74) is 6.46. The first-order chi connectivity index (χ1) is 13.4. The number of aryl methyl sites for hydroxylation is 1. The molecule has 2 aromatic carbocycles. The van der Waals surface area contributed by atoms with Crippen LogP contribution in [0, 0.1) is 24.0 Å². The monoisotopic (exact) mass is 396 g/mol. The number of nitrogens with zero attached hydrogens (tertiary/aromatic N) is 3. The summed E-state index contributed by atoms with van der Waals surface area (Å²) in [4.78, 5) is 22.5. The molecule has 0 saturated carbocycles. The van der Waals surface area contributed by atoms with Crippen LogP contribution in [0.4, 0.5) is 5.69 Å². The molecule has 0 bridgehead atoms. The van der Waals surface area contributed by atoms with Gasteiger partial charge in [-0.05, 0) is 56.3 Å². The number of carbonyl (C=O) groups is 1. The van der Waals surface area contributed by atoms with E-state index >= 15 is 0 Å².